The van der Waals surface area contributed by atoms with Gasteiger partial charge in [-0.3, -0.25) is 4.79 Å². The predicted octanol–water partition coefficient (Wildman–Crippen LogP) is 0.318. The monoisotopic (exact) mass is 336 g/mol. The Morgan fingerprint density at radius 1 is 1.39 bits per heavy atom. The van der Waals surface area contributed by atoms with E-state index in [1.807, 2.05) is 4.57 Å². The topological polar surface area (TPSA) is 110 Å². The van der Waals surface area contributed by atoms with Crippen LogP contribution in [-0.4, -0.2) is 55.1 Å². The van der Waals surface area contributed by atoms with Gasteiger partial charge in [-0.25, -0.2) is 15.0 Å². The summed E-state index contributed by atoms with van der Waals surface area (Å²) < 4.78 is 1.95. The number of rotatable bonds is 4. The fourth-order valence-electron chi connectivity index (χ4n) is 3.03. The van der Waals surface area contributed by atoms with E-state index in [-0.39, 0.29) is 5.91 Å². The third-order valence-electron chi connectivity index (χ3n) is 4.40. The SMILES string of the molecule is Nc1ncnc2c1nc(S)n2CCC1CCN(C(=O)CO)CC1. The van der Waals surface area contributed by atoms with Gasteiger partial charge in [-0.2, -0.15) is 0 Å². The predicted molar refractivity (Wildman–Crippen MR) is 88.0 cm³/mol. The van der Waals surface area contributed by atoms with Crippen LogP contribution in [0.4, 0.5) is 5.82 Å². The number of amides is 1. The molecular formula is C14H20N6O2S. The summed E-state index contributed by atoms with van der Waals surface area (Å²) in [5.41, 5.74) is 7.10. The van der Waals surface area contributed by atoms with Crippen LogP contribution in [0, 0.1) is 5.92 Å². The number of aliphatic hydroxyl groups excluding tert-OH is 1. The number of anilines is 1. The van der Waals surface area contributed by atoms with Crippen molar-refractivity contribution in [3.63, 3.8) is 0 Å². The molecule has 23 heavy (non-hydrogen) atoms. The molecule has 1 aliphatic rings. The number of thiol groups is 1. The molecule has 3 N–H and O–H groups in total. The van der Waals surface area contributed by atoms with Crippen molar-refractivity contribution in [2.75, 3.05) is 25.4 Å². The van der Waals surface area contributed by atoms with E-state index in [2.05, 4.69) is 27.6 Å². The second-order valence-electron chi connectivity index (χ2n) is 5.77. The van der Waals surface area contributed by atoms with E-state index < -0.39 is 6.61 Å². The molecule has 0 spiro atoms. The van der Waals surface area contributed by atoms with Crippen LogP contribution in [-0.2, 0) is 11.3 Å². The zero-order valence-electron chi connectivity index (χ0n) is 12.7. The van der Waals surface area contributed by atoms with E-state index in [0.717, 1.165) is 25.8 Å². The number of nitrogens with two attached hydrogens (primary N) is 1. The van der Waals surface area contributed by atoms with E-state index in [0.29, 0.717) is 41.1 Å². The molecule has 2 aromatic rings. The minimum Gasteiger partial charge on any atom is -0.387 e. The maximum Gasteiger partial charge on any atom is 0.248 e. The number of aromatic nitrogens is 4. The number of nitrogen functional groups attached to an aromatic ring is 1. The lowest BCUT2D eigenvalue weighted by atomic mass is 9.93. The summed E-state index contributed by atoms with van der Waals surface area (Å²) in [5.74, 6) is 0.704. The van der Waals surface area contributed by atoms with Gasteiger partial charge < -0.3 is 20.3 Å². The van der Waals surface area contributed by atoms with Gasteiger partial charge in [-0.15, -0.1) is 12.6 Å². The number of hydrogen-bond donors (Lipinski definition) is 3. The number of likely N-dealkylation sites (tertiary alicyclic amines) is 1. The number of aryl methyl sites for hydroxylation is 1. The second kappa shape index (κ2) is 6.71. The molecule has 1 aliphatic heterocycles. The number of hydrogen-bond acceptors (Lipinski definition) is 7. The van der Waals surface area contributed by atoms with Crippen LogP contribution in [0.2, 0.25) is 0 Å². The van der Waals surface area contributed by atoms with Crippen LogP contribution in [0.3, 0.4) is 0 Å². The molecule has 3 heterocycles. The number of carbonyl (C=O) groups is 1. The molecule has 0 saturated carbocycles. The maximum absolute atomic E-state index is 11.5. The van der Waals surface area contributed by atoms with Gasteiger partial charge in [0.15, 0.2) is 22.1 Å². The molecule has 1 amide bonds. The van der Waals surface area contributed by atoms with Gasteiger partial charge in [-0.1, -0.05) is 0 Å². The molecule has 0 unspecified atom stereocenters. The van der Waals surface area contributed by atoms with Crippen LogP contribution >= 0.6 is 12.6 Å². The summed E-state index contributed by atoms with van der Waals surface area (Å²) >= 11 is 4.40. The number of fused-ring (bicyclic) bond motifs is 1. The Morgan fingerprint density at radius 3 is 2.83 bits per heavy atom. The molecule has 124 valence electrons. The van der Waals surface area contributed by atoms with Crippen LogP contribution in [0.15, 0.2) is 11.5 Å². The first-order chi connectivity index (χ1) is 11.1. The van der Waals surface area contributed by atoms with Crippen LogP contribution < -0.4 is 5.73 Å². The summed E-state index contributed by atoms with van der Waals surface area (Å²) in [5, 5.41) is 9.49. The molecule has 0 radical (unpaired) electrons. The summed E-state index contributed by atoms with van der Waals surface area (Å²) in [7, 11) is 0. The van der Waals surface area contributed by atoms with Crippen molar-refractivity contribution in [2.45, 2.75) is 31.0 Å². The minimum absolute atomic E-state index is 0.186. The van der Waals surface area contributed by atoms with E-state index in [9.17, 15) is 4.79 Å². The summed E-state index contributed by atoms with van der Waals surface area (Å²) in [6.07, 6.45) is 4.28. The van der Waals surface area contributed by atoms with Gasteiger partial charge in [0.25, 0.3) is 0 Å². The van der Waals surface area contributed by atoms with Crippen molar-refractivity contribution in [1.29, 1.82) is 0 Å². The number of carbonyl (C=O) groups excluding carboxylic acids is 1. The Labute approximate surface area is 139 Å². The first-order valence-corrected chi connectivity index (χ1v) is 8.09. The lowest BCUT2D eigenvalue weighted by Gasteiger charge is -2.31. The quantitative estimate of drug-likeness (QED) is 0.694. The summed E-state index contributed by atoms with van der Waals surface area (Å²) in [6, 6.07) is 0. The number of piperidine rings is 1. The molecule has 0 atom stereocenters. The Bertz CT molecular complexity index is 711. The molecule has 0 aromatic carbocycles. The molecular weight excluding hydrogens is 316 g/mol. The first-order valence-electron chi connectivity index (χ1n) is 7.64. The van der Waals surface area contributed by atoms with Crippen molar-refractivity contribution < 1.29 is 9.90 Å². The van der Waals surface area contributed by atoms with E-state index in [1.165, 1.54) is 6.33 Å². The molecule has 1 fully saturated rings. The van der Waals surface area contributed by atoms with Crippen molar-refractivity contribution in [1.82, 2.24) is 24.4 Å². The highest BCUT2D eigenvalue weighted by Crippen LogP contribution is 2.25. The van der Waals surface area contributed by atoms with Gasteiger partial charge in [0.05, 0.1) is 0 Å². The summed E-state index contributed by atoms with van der Waals surface area (Å²) in [4.78, 5) is 25.7. The molecule has 0 bridgehead atoms. The average molecular weight is 336 g/mol. The largest absolute Gasteiger partial charge is 0.387 e. The van der Waals surface area contributed by atoms with Crippen LogP contribution in [0.5, 0.6) is 0 Å². The van der Waals surface area contributed by atoms with Gasteiger partial charge in [-0.05, 0) is 25.2 Å². The lowest BCUT2D eigenvalue weighted by Crippen LogP contribution is -2.40. The fraction of sp³-hybridized carbons (Fsp3) is 0.571. The Hall–Kier alpha value is -1.87. The first kappa shape index (κ1) is 16.0. The fourth-order valence-corrected chi connectivity index (χ4v) is 3.33. The number of imidazole rings is 1. The zero-order valence-corrected chi connectivity index (χ0v) is 13.6. The minimum atomic E-state index is -0.407. The van der Waals surface area contributed by atoms with E-state index >= 15 is 0 Å². The normalized spacial score (nSPS) is 16.2. The van der Waals surface area contributed by atoms with E-state index in [1.54, 1.807) is 4.90 Å². The second-order valence-corrected chi connectivity index (χ2v) is 6.17. The highest BCUT2D eigenvalue weighted by atomic mass is 32.1. The van der Waals surface area contributed by atoms with Gasteiger partial charge in [0.2, 0.25) is 5.91 Å². The molecule has 2 aromatic heterocycles. The van der Waals surface area contributed by atoms with Crippen molar-refractivity contribution in [2.24, 2.45) is 5.92 Å². The van der Waals surface area contributed by atoms with Crippen molar-refractivity contribution in [3.05, 3.63) is 6.33 Å². The molecule has 1 saturated heterocycles. The third kappa shape index (κ3) is 3.25. The van der Waals surface area contributed by atoms with Crippen molar-refractivity contribution >= 4 is 35.5 Å². The molecule has 8 nitrogen and oxygen atoms in total. The average Bonchev–Trinajstić information content (AvgIpc) is 2.90. The van der Waals surface area contributed by atoms with Crippen LogP contribution in [0.25, 0.3) is 11.2 Å². The molecule has 9 heteroatoms. The third-order valence-corrected chi connectivity index (χ3v) is 4.75. The van der Waals surface area contributed by atoms with Crippen LogP contribution in [0.1, 0.15) is 19.3 Å². The van der Waals surface area contributed by atoms with Gasteiger partial charge in [0.1, 0.15) is 12.9 Å². The molecule has 0 aliphatic carbocycles. The van der Waals surface area contributed by atoms with Gasteiger partial charge >= 0.3 is 0 Å². The maximum atomic E-state index is 11.5. The number of nitrogens with zero attached hydrogens (tertiary/aromatic N) is 5. The Kier molecular flexibility index (Phi) is 4.67. The smallest absolute Gasteiger partial charge is 0.248 e. The van der Waals surface area contributed by atoms with Crippen molar-refractivity contribution in [3.8, 4) is 0 Å². The highest BCUT2D eigenvalue weighted by Gasteiger charge is 2.22. The Balaban J connectivity index is 1.63. The standard InChI is InChI=1S/C14H20N6O2S/c15-12-11-13(17-8-16-12)20(14(23)18-11)6-3-9-1-4-19(5-2-9)10(22)7-21/h8-9,21H,1-7H2,(H,18,23)(H2,15,16,17). The molecule has 3 rings (SSSR count). The lowest BCUT2D eigenvalue weighted by molar-refractivity contribution is -0.135. The highest BCUT2D eigenvalue weighted by molar-refractivity contribution is 7.80. The zero-order chi connectivity index (χ0) is 16.4. The van der Waals surface area contributed by atoms with Gasteiger partial charge in [0, 0.05) is 19.6 Å². The summed E-state index contributed by atoms with van der Waals surface area (Å²) in [6.45, 7) is 1.76. The van der Waals surface area contributed by atoms with E-state index in [4.69, 9.17) is 10.8 Å². The Morgan fingerprint density at radius 2 is 2.13 bits per heavy atom. The number of aliphatic hydroxyl groups is 1.